The number of benzene rings is 1. The number of carbonyl (C=O) groups excluding carboxylic acids is 2. The van der Waals surface area contributed by atoms with E-state index >= 15 is 0 Å². The summed E-state index contributed by atoms with van der Waals surface area (Å²) in [5, 5.41) is 3.04. The lowest BCUT2D eigenvalue weighted by Crippen LogP contribution is -2.42. The fourth-order valence-corrected chi connectivity index (χ4v) is 0.924. The average molecular weight is 219 g/mol. The van der Waals surface area contributed by atoms with Crippen molar-refractivity contribution < 1.29 is 9.59 Å². The molecule has 0 unspecified atom stereocenters. The predicted molar refractivity (Wildman–Crippen MR) is 56.1 cm³/mol. The van der Waals surface area contributed by atoms with Crippen LogP contribution in [0.1, 0.15) is 10.4 Å². The number of nitrogens with zero attached hydrogens (tertiary/aromatic N) is 3. The Bertz CT molecular complexity index is 425. The molecule has 0 bridgehead atoms. The fraction of sp³-hybridized carbons (Fsp3) is 0.111. The van der Waals surface area contributed by atoms with Crippen LogP contribution in [0.4, 0.5) is 0 Å². The standard InChI is InChI=1S/C9H9N5O2/c10-14-11-6-8(15)12-13-9(16)7-4-2-1-3-5-7/h1-5H,6H2,(H,12,15)(H,13,16). The minimum absolute atomic E-state index is 0.356. The molecule has 0 atom stereocenters. The first-order valence-electron chi connectivity index (χ1n) is 4.39. The summed E-state index contributed by atoms with van der Waals surface area (Å²) in [5.41, 5.74) is 12.7. The number of rotatable bonds is 3. The summed E-state index contributed by atoms with van der Waals surface area (Å²) in [5.74, 6) is -1.02. The van der Waals surface area contributed by atoms with Crippen molar-refractivity contribution in [2.24, 2.45) is 5.11 Å². The lowest BCUT2D eigenvalue weighted by atomic mass is 10.2. The first-order valence-corrected chi connectivity index (χ1v) is 4.39. The van der Waals surface area contributed by atoms with Crippen LogP contribution in [0.15, 0.2) is 35.4 Å². The molecule has 0 saturated carbocycles. The Morgan fingerprint density at radius 2 is 1.94 bits per heavy atom. The summed E-state index contributed by atoms with van der Waals surface area (Å²) in [7, 11) is 0. The van der Waals surface area contributed by atoms with Gasteiger partial charge in [0, 0.05) is 10.5 Å². The minimum Gasteiger partial charge on any atom is -0.273 e. The van der Waals surface area contributed by atoms with Crippen LogP contribution < -0.4 is 10.9 Å². The van der Waals surface area contributed by atoms with E-state index in [9.17, 15) is 9.59 Å². The topological polar surface area (TPSA) is 107 Å². The Morgan fingerprint density at radius 3 is 2.56 bits per heavy atom. The zero-order valence-electron chi connectivity index (χ0n) is 8.25. The lowest BCUT2D eigenvalue weighted by molar-refractivity contribution is -0.120. The molecule has 0 aliphatic rings. The van der Waals surface area contributed by atoms with Gasteiger partial charge in [-0.3, -0.25) is 20.4 Å². The van der Waals surface area contributed by atoms with Crippen LogP contribution in [-0.2, 0) is 4.79 Å². The minimum atomic E-state index is -0.581. The van der Waals surface area contributed by atoms with Gasteiger partial charge in [0.1, 0.15) is 6.54 Å². The summed E-state index contributed by atoms with van der Waals surface area (Å²) < 4.78 is 0. The van der Waals surface area contributed by atoms with Crippen molar-refractivity contribution in [3.8, 4) is 0 Å². The van der Waals surface area contributed by atoms with Gasteiger partial charge in [0.2, 0.25) is 5.91 Å². The third kappa shape index (κ3) is 3.69. The average Bonchev–Trinajstić information content (AvgIpc) is 2.34. The highest BCUT2D eigenvalue weighted by Gasteiger charge is 2.05. The van der Waals surface area contributed by atoms with E-state index in [4.69, 9.17) is 5.53 Å². The van der Waals surface area contributed by atoms with Gasteiger partial charge < -0.3 is 0 Å². The van der Waals surface area contributed by atoms with Crippen molar-refractivity contribution in [2.75, 3.05) is 6.54 Å². The van der Waals surface area contributed by atoms with Crippen LogP contribution in [0.2, 0.25) is 0 Å². The molecule has 82 valence electrons. The molecule has 7 nitrogen and oxygen atoms in total. The van der Waals surface area contributed by atoms with Crippen molar-refractivity contribution in [3.63, 3.8) is 0 Å². The Kier molecular flexibility index (Phi) is 4.36. The van der Waals surface area contributed by atoms with Gasteiger partial charge in [-0.2, -0.15) is 0 Å². The fourth-order valence-electron chi connectivity index (χ4n) is 0.924. The molecule has 0 aliphatic carbocycles. The van der Waals surface area contributed by atoms with Gasteiger partial charge in [0.05, 0.1) is 0 Å². The van der Waals surface area contributed by atoms with Crippen molar-refractivity contribution >= 4 is 11.8 Å². The van der Waals surface area contributed by atoms with Crippen LogP contribution in [0.25, 0.3) is 10.4 Å². The largest absolute Gasteiger partial charge is 0.273 e. The van der Waals surface area contributed by atoms with Gasteiger partial charge in [-0.05, 0) is 17.7 Å². The van der Waals surface area contributed by atoms with Gasteiger partial charge in [0.25, 0.3) is 5.91 Å². The quantitative estimate of drug-likeness (QED) is 0.339. The highest BCUT2D eigenvalue weighted by molar-refractivity contribution is 5.95. The van der Waals surface area contributed by atoms with E-state index in [2.05, 4.69) is 20.9 Å². The summed E-state index contributed by atoms with van der Waals surface area (Å²) in [4.78, 5) is 24.8. The summed E-state index contributed by atoms with van der Waals surface area (Å²) >= 11 is 0. The zero-order chi connectivity index (χ0) is 11.8. The molecule has 1 aromatic rings. The second-order valence-corrected chi connectivity index (χ2v) is 2.76. The van der Waals surface area contributed by atoms with E-state index in [1.807, 2.05) is 0 Å². The summed E-state index contributed by atoms with van der Waals surface area (Å²) in [6.45, 7) is -0.356. The third-order valence-corrected chi connectivity index (χ3v) is 1.63. The van der Waals surface area contributed by atoms with Crippen LogP contribution in [-0.4, -0.2) is 18.4 Å². The zero-order valence-corrected chi connectivity index (χ0v) is 8.25. The number of hydrogen-bond donors (Lipinski definition) is 2. The summed E-state index contributed by atoms with van der Waals surface area (Å²) in [6, 6.07) is 8.40. The van der Waals surface area contributed by atoms with Crippen LogP contribution >= 0.6 is 0 Å². The van der Waals surface area contributed by atoms with Crippen molar-refractivity contribution in [1.82, 2.24) is 10.9 Å². The molecule has 0 fully saturated rings. The molecule has 2 amide bonds. The molecule has 1 aromatic carbocycles. The van der Waals surface area contributed by atoms with E-state index < -0.39 is 11.8 Å². The van der Waals surface area contributed by atoms with Gasteiger partial charge in [-0.15, -0.1) is 0 Å². The highest BCUT2D eigenvalue weighted by Crippen LogP contribution is 1.96. The second-order valence-electron chi connectivity index (χ2n) is 2.76. The molecule has 0 heterocycles. The maximum absolute atomic E-state index is 11.4. The Hall–Kier alpha value is -2.53. The molecular weight excluding hydrogens is 210 g/mol. The number of amides is 2. The maximum Gasteiger partial charge on any atom is 0.269 e. The number of hydrazine groups is 1. The third-order valence-electron chi connectivity index (χ3n) is 1.63. The van der Waals surface area contributed by atoms with Gasteiger partial charge in [-0.1, -0.05) is 23.3 Å². The second kappa shape index (κ2) is 6.05. The van der Waals surface area contributed by atoms with E-state index in [1.54, 1.807) is 30.3 Å². The number of hydrogen-bond acceptors (Lipinski definition) is 3. The molecule has 0 radical (unpaired) electrons. The summed E-state index contributed by atoms with van der Waals surface area (Å²) in [6.07, 6.45) is 0. The number of azide groups is 1. The molecule has 7 heteroatoms. The van der Waals surface area contributed by atoms with Gasteiger partial charge >= 0.3 is 0 Å². The van der Waals surface area contributed by atoms with Crippen LogP contribution in [0.3, 0.4) is 0 Å². The monoisotopic (exact) mass is 219 g/mol. The number of nitrogens with one attached hydrogen (secondary N) is 2. The van der Waals surface area contributed by atoms with Gasteiger partial charge in [-0.25, -0.2) is 0 Å². The first-order chi connectivity index (χ1) is 7.74. The molecule has 0 aromatic heterocycles. The SMILES string of the molecule is [N-]=[N+]=NCC(=O)NNC(=O)c1ccccc1. The van der Waals surface area contributed by atoms with Crippen molar-refractivity contribution in [1.29, 1.82) is 0 Å². The number of carbonyl (C=O) groups is 2. The van der Waals surface area contributed by atoms with Crippen LogP contribution in [0.5, 0.6) is 0 Å². The smallest absolute Gasteiger partial charge is 0.269 e. The molecule has 16 heavy (non-hydrogen) atoms. The van der Waals surface area contributed by atoms with E-state index in [0.29, 0.717) is 5.56 Å². The molecule has 0 aliphatic heterocycles. The van der Waals surface area contributed by atoms with Crippen LogP contribution in [0, 0.1) is 0 Å². The van der Waals surface area contributed by atoms with Gasteiger partial charge in [0.15, 0.2) is 0 Å². The molecule has 1 rings (SSSR count). The molecular formula is C9H9N5O2. The maximum atomic E-state index is 11.4. The van der Waals surface area contributed by atoms with Crippen molar-refractivity contribution in [3.05, 3.63) is 46.3 Å². The molecule has 2 N–H and O–H groups in total. The normalized spacial score (nSPS) is 8.75. The first kappa shape index (κ1) is 11.5. The highest BCUT2D eigenvalue weighted by atomic mass is 16.2. The Labute approximate surface area is 91.1 Å². The van der Waals surface area contributed by atoms with E-state index in [0.717, 1.165) is 0 Å². The van der Waals surface area contributed by atoms with E-state index in [1.165, 1.54) is 0 Å². The Morgan fingerprint density at radius 1 is 1.25 bits per heavy atom. The Balaban J connectivity index is 2.42. The predicted octanol–water partition coefficient (Wildman–Crippen LogP) is 0.758. The molecule has 0 spiro atoms. The molecule has 0 saturated heterocycles. The van der Waals surface area contributed by atoms with E-state index in [-0.39, 0.29) is 6.54 Å². The van der Waals surface area contributed by atoms with Crippen molar-refractivity contribution in [2.45, 2.75) is 0 Å². The lowest BCUT2D eigenvalue weighted by Gasteiger charge is -2.05.